The summed E-state index contributed by atoms with van der Waals surface area (Å²) in [6.07, 6.45) is -2.19. The van der Waals surface area contributed by atoms with E-state index in [-0.39, 0.29) is 72.1 Å². The summed E-state index contributed by atoms with van der Waals surface area (Å²) in [4.78, 5) is 92.2. The number of esters is 2. The fraction of sp³-hybridized carbons (Fsp3) is 0.483. The Morgan fingerprint density at radius 1 is 0.524 bits per heavy atom. The first-order chi connectivity index (χ1) is 39.1. The number of carbonyl (C=O) groups excluding carboxylic acids is 6. The number of nitrogens with one attached hydrogen (secondary N) is 2. The Morgan fingerprint density at radius 2 is 0.833 bits per heavy atom. The molecule has 4 aromatic rings. The van der Waals surface area contributed by atoms with Crippen LogP contribution < -0.4 is 20.1 Å². The molecule has 3 saturated heterocycles. The van der Waals surface area contributed by atoms with Crippen molar-refractivity contribution in [1.29, 1.82) is 0 Å². The Morgan fingerprint density at radius 3 is 1.13 bits per heavy atom. The van der Waals surface area contributed by atoms with Crippen molar-refractivity contribution in [3.63, 3.8) is 0 Å². The molecule has 2 amide bonds. The minimum Gasteiger partial charge on any atom is -0.458 e. The zero-order valence-corrected chi connectivity index (χ0v) is 52.4. The number of piperazine rings is 1. The van der Waals surface area contributed by atoms with Crippen LogP contribution in [0.5, 0.6) is 11.5 Å². The van der Waals surface area contributed by atoms with Crippen LogP contribution in [0.3, 0.4) is 0 Å². The van der Waals surface area contributed by atoms with Crippen molar-refractivity contribution < 1.29 is 74.2 Å². The van der Waals surface area contributed by atoms with Gasteiger partial charge in [0, 0.05) is 22.3 Å². The van der Waals surface area contributed by atoms with Crippen LogP contribution in [-0.2, 0) is 71.2 Å². The molecule has 0 bridgehead atoms. The zero-order chi connectivity index (χ0) is 61.7. The van der Waals surface area contributed by atoms with Crippen LogP contribution in [0.25, 0.3) is 0 Å². The molecular weight excluding hydrogens is 1160 g/mol. The van der Waals surface area contributed by atoms with Gasteiger partial charge >= 0.3 is 24.2 Å². The molecule has 0 unspecified atom stereocenters. The summed E-state index contributed by atoms with van der Waals surface area (Å²) in [6, 6.07) is 20.3. The number of carbonyl (C=O) groups is 6. The quantitative estimate of drug-likeness (QED) is 0.0731. The number of hydrogen-bond donors (Lipinski definition) is 2. The number of thioether (sulfide) groups is 2. The summed E-state index contributed by atoms with van der Waals surface area (Å²) in [6.45, 7) is 21.4. The molecule has 456 valence electrons. The van der Waals surface area contributed by atoms with Gasteiger partial charge in [0.25, 0.3) is 0 Å². The molecule has 3 heterocycles. The number of aryl methyl sites for hydroxylation is 2. The van der Waals surface area contributed by atoms with E-state index in [1.807, 2.05) is 13.8 Å². The molecule has 2 N–H and O–H groups in total. The van der Waals surface area contributed by atoms with Crippen molar-refractivity contribution in [2.45, 2.75) is 151 Å². The number of hydroxylamine groups is 4. The summed E-state index contributed by atoms with van der Waals surface area (Å²) in [5.74, 6) is -2.52. The van der Waals surface area contributed by atoms with Gasteiger partial charge in [-0.2, -0.15) is 8.61 Å². The van der Waals surface area contributed by atoms with Gasteiger partial charge in [-0.25, -0.2) is 36.0 Å². The van der Waals surface area contributed by atoms with Crippen molar-refractivity contribution in [2.75, 3.05) is 37.9 Å². The molecule has 4 aromatic carbocycles. The maximum absolute atomic E-state index is 14.2. The molecule has 4 atom stereocenters. The Hall–Kier alpha value is -6.26. The summed E-state index contributed by atoms with van der Waals surface area (Å²) in [5.41, 5.74) is 1.05. The van der Waals surface area contributed by atoms with Gasteiger partial charge in [-0.05, 0) is 143 Å². The average molecular weight is 1240 g/mol. The van der Waals surface area contributed by atoms with Crippen molar-refractivity contribution in [3.8, 4) is 11.5 Å². The van der Waals surface area contributed by atoms with E-state index in [4.69, 9.17) is 28.6 Å². The van der Waals surface area contributed by atoms with Gasteiger partial charge in [0.1, 0.15) is 46.9 Å². The number of nitrogens with zero attached hydrogens (tertiary/aromatic N) is 4. The van der Waals surface area contributed by atoms with Gasteiger partial charge < -0.3 is 39.3 Å². The summed E-state index contributed by atoms with van der Waals surface area (Å²) >= 11 is 2.62. The van der Waals surface area contributed by atoms with E-state index in [1.165, 1.54) is 82.2 Å². The Kier molecular flexibility index (Phi) is 20.3. The lowest BCUT2D eigenvalue weighted by molar-refractivity contribution is -0.195. The standard InChI is InChI=1S/C58H74N6O16S4/c1-37-13-25-43(26-14-37)83(71,72)63-35-81-57(9,10)47(63)49(65)59-45(51(67)77-55(3,4)5)33-39-17-21-41(22-18-39)75-53(69)79-61-29-31-62(32-30-61)80-54(70)76-42-23-19-40(20-24-42)34-46(52(68)78-56(6,7)8)60-50(66)48-58(11,12)82-36-64(48)84(73,74)44-27-15-38(2)16-28-44/h13-28,45-48H,29-36H2,1-12H3,(H,59,65)(H,60,66)/t45-,46-,47+,48+/m0/s1. The van der Waals surface area contributed by atoms with Crippen LogP contribution in [0.4, 0.5) is 9.59 Å². The first kappa shape index (κ1) is 65.3. The lowest BCUT2D eigenvalue weighted by Gasteiger charge is -2.32. The second-order valence-corrected chi connectivity index (χ2v) is 30.6. The average Bonchev–Trinajstić information content (AvgIpc) is 1.81. The van der Waals surface area contributed by atoms with E-state index < -0.39 is 101 Å². The molecule has 26 heteroatoms. The molecule has 0 spiro atoms. The third-order valence-electron chi connectivity index (χ3n) is 13.5. The molecule has 7 rings (SSSR count). The van der Waals surface area contributed by atoms with Gasteiger partial charge in [0.2, 0.25) is 31.9 Å². The highest BCUT2D eigenvalue weighted by molar-refractivity contribution is 8.02. The lowest BCUT2D eigenvalue weighted by Crippen LogP contribution is -2.57. The van der Waals surface area contributed by atoms with Crippen LogP contribution in [0, 0.1) is 13.8 Å². The van der Waals surface area contributed by atoms with Crippen molar-refractivity contribution >= 4 is 79.6 Å². The summed E-state index contributed by atoms with van der Waals surface area (Å²) in [5, 5.41) is 8.22. The minimum atomic E-state index is -4.10. The smallest absolute Gasteiger partial charge is 0.458 e. The van der Waals surface area contributed by atoms with Gasteiger partial charge in [0.15, 0.2) is 0 Å². The van der Waals surface area contributed by atoms with E-state index in [0.29, 0.717) is 11.1 Å². The highest BCUT2D eigenvalue weighted by Crippen LogP contribution is 2.44. The normalized spacial score (nSPS) is 19.5. The maximum atomic E-state index is 14.2. The molecule has 0 aromatic heterocycles. The molecule has 3 aliphatic rings. The molecule has 0 aliphatic carbocycles. The van der Waals surface area contributed by atoms with Crippen molar-refractivity contribution in [1.82, 2.24) is 29.4 Å². The fourth-order valence-corrected chi connectivity index (χ4v) is 15.6. The lowest BCUT2D eigenvalue weighted by atomic mass is 10.0. The van der Waals surface area contributed by atoms with Crippen molar-refractivity contribution in [3.05, 3.63) is 119 Å². The molecule has 84 heavy (non-hydrogen) atoms. The maximum Gasteiger partial charge on any atom is 0.533 e. The number of benzene rings is 4. The molecule has 3 aliphatic heterocycles. The monoisotopic (exact) mass is 1240 g/mol. The Balaban J connectivity index is 0.888. The fourth-order valence-electron chi connectivity index (χ4n) is 9.25. The van der Waals surface area contributed by atoms with Gasteiger partial charge in [-0.1, -0.05) is 59.7 Å². The molecule has 0 saturated carbocycles. The van der Waals surface area contributed by atoms with Gasteiger partial charge in [-0.3, -0.25) is 9.59 Å². The minimum absolute atomic E-state index is 0.0236. The van der Waals surface area contributed by atoms with Crippen LogP contribution >= 0.6 is 23.5 Å². The third-order valence-corrected chi connectivity index (χ3v) is 20.2. The van der Waals surface area contributed by atoms with Gasteiger partial charge in [-0.15, -0.1) is 33.7 Å². The zero-order valence-electron chi connectivity index (χ0n) is 49.2. The highest BCUT2D eigenvalue weighted by Gasteiger charge is 2.53. The molecule has 22 nitrogen and oxygen atoms in total. The Labute approximate surface area is 499 Å². The molecule has 3 fully saturated rings. The van der Waals surface area contributed by atoms with E-state index in [9.17, 15) is 45.6 Å². The second kappa shape index (κ2) is 26.2. The van der Waals surface area contributed by atoms with E-state index in [0.717, 1.165) is 19.7 Å². The second-order valence-electron chi connectivity index (χ2n) is 23.6. The summed E-state index contributed by atoms with van der Waals surface area (Å²) in [7, 11) is -8.19. The first-order valence-electron chi connectivity index (χ1n) is 27.1. The Bertz CT molecular complexity index is 3050. The van der Waals surface area contributed by atoms with E-state index in [1.54, 1.807) is 118 Å². The van der Waals surface area contributed by atoms with Crippen LogP contribution in [0.2, 0.25) is 0 Å². The SMILES string of the molecule is Cc1ccc(S(=O)(=O)N2CSC(C)(C)[C@H]2C(=O)N[C@@H](Cc2ccc(OC(=O)ON3CCN(OC(=O)Oc4ccc(C[C@H](NC(=O)[C@H]5N(S(=O)(=O)c6ccc(C)cc6)CSC5(C)C)C(=O)OC(C)(C)C)cc4)CC3)cc2)C(=O)OC(C)(C)C)cc1. The number of sulfonamides is 2. The van der Waals surface area contributed by atoms with E-state index >= 15 is 0 Å². The molecular formula is C58H74N6O16S4. The van der Waals surface area contributed by atoms with Crippen molar-refractivity contribution in [2.24, 2.45) is 0 Å². The first-order valence-corrected chi connectivity index (χ1v) is 31.9. The predicted octanol–water partition coefficient (Wildman–Crippen LogP) is 7.30. The van der Waals surface area contributed by atoms with Crippen LogP contribution in [0.15, 0.2) is 107 Å². The van der Waals surface area contributed by atoms with E-state index in [2.05, 4.69) is 10.6 Å². The highest BCUT2D eigenvalue weighted by atomic mass is 32.2. The van der Waals surface area contributed by atoms with Crippen LogP contribution in [-0.4, -0.2) is 154 Å². The number of hydrogen-bond acceptors (Lipinski definition) is 20. The largest absolute Gasteiger partial charge is 0.533 e. The molecule has 0 radical (unpaired) electrons. The third kappa shape index (κ3) is 17.0. The number of amides is 2. The predicted molar refractivity (Wildman–Crippen MR) is 314 cm³/mol. The van der Waals surface area contributed by atoms with Gasteiger partial charge in [0.05, 0.1) is 47.7 Å². The number of ether oxygens (including phenoxy) is 4. The topological polar surface area (TPSA) is 263 Å². The van der Waals surface area contributed by atoms with Crippen LogP contribution in [0.1, 0.15) is 91.5 Å². The number of rotatable bonds is 18. The summed E-state index contributed by atoms with van der Waals surface area (Å²) < 4.78 is 78.3.